The molecule has 0 saturated heterocycles. The molecule has 24 heavy (non-hydrogen) atoms. The third-order valence-electron chi connectivity index (χ3n) is 3.39. The zero-order chi connectivity index (χ0) is 17.5. The Kier molecular flexibility index (Phi) is 6.09. The Morgan fingerprint density at radius 2 is 1.50 bits per heavy atom. The fourth-order valence-electron chi connectivity index (χ4n) is 2.23. The minimum atomic E-state index is -1.20. The molecule has 0 aliphatic heterocycles. The van der Waals surface area contributed by atoms with Gasteiger partial charge in [-0.05, 0) is 31.5 Å². The Morgan fingerprint density at radius 1 is 0.958 bits per heavy atom. The number of amides is 1. The molecule has 2 aromatic carbocycles. The van der Waals surface area contributed by atoms with Gasteiger partial charge in [0.2, 0.25) is 0 Å². The summed E-state index contributed by atoms with van der Waals surface area (Å²) < 4.78 is 5.18. The van der Waals surface area contributed by atoms with Crippen molar-refractivity contribution in [2.75, 3.05) is 0 Å². The Bertz CT molecular complexity index is 670. The molecule has 0 aliphatic carbocycles. The van der Waals surface area contributed by atoms with Crippen LogP contribution in [0.2, 0.25) is 0 Å². The van der Waals surface area contributed by atoms with E-state index in [1.165, 1.54) is 0 Å². The van der Waals surface area contributed by atoms with Gasteiger partial charge in [-0.1, -0.05) is 48.5 Å². The van der Waals surface area contributed by atoms with Crippen LogP contribution >= 0.6 is 0 Å². The van der Waals surface area contributed by atoms with E-state index >= 15 is 0 Å². The second-order valence-electron chi connectivity index (χ2n) is 5.66. The average Bonchev–Trinajstić information content (AvgIpc) is 2.59. The molecule has 0 bridgehead atoms. The smallest absolute Gasteiger partial charge is 0.332 e. The quantitative estimate of drug-likeness (QED) is 0.799. The third-order valence-corrected chi connectivity index (χ3v) is 3.39. The summed E-state index contributed by atoms with van der Waals surface area (Å²) in [7, 11) is 0. The van der Waals surface area contributed by atoms with E-state index < -0.39 is 24.0 Å². The monoisotopic (exact) mass is 327 g/mol. The topological polar surface area (TPSA) is 75.6 Å². The fourth-order valence-corrected chi connectivity index (χ4v) is 2.23. The van der Waals surface area contributed by atoms with Crippen molar-refractivity contribution >= 4 is 11.9 Å². The number of esters is 1. The van der Waals surface area contributed by atoms with Crippen LogP contribution in [-0.2, 0) is 9.53 Å². The number of hydrogen-bond donors (Lipinski definition) is 2. The number of carbonyl (C=O) groups excluding carboxylic acids is 2. The predicted molar refractivity (Wildman–Crippen MR) is 90.3 cm³/mol. The highest BCUT2D eigenvalue weighted by Crippen LogP contribution is 2.18. The van der Waals surface area contributed by atoms with Crippen molar-refractivity contribution in [3.63, 3.8) is 0 Å². The summed E-state index contributed by atoms with van der Waals surface area (Å²) in [5.74, 6) is -1.12. The minimum Gasteiger partial charge on any atom is -0.461 e. The van der Waals surface area contributed by atoms with Gasteiger partial charge in [0.15, 0.2) is 6.04 Å². The molecule has 5 heteroatoms. The van der Waals surface area contributed by atoms with E-state index in [4.69, 9.17) is 4.74 Å². The first-order valence-corrected chi connectivity index (χ1v) is 7.78. The molecule has 0 radical (unpaired) electrons. The molecule has 5 nitrogen and oxygen atoms in total. The van der Waals surface area contributed by atoms with Crippen molar-refractivity contribution in [3.8, 4) is 0 Å². The summed E-state index contributed by atoms with van der Waals surface area (Å²) in [5.41, 5.74) is 0.927. The first-order valence-electron chi connectivity index (χ1n) is 7.78. The average molecular weight is 327 g/mol. The van der Waals surface area contributed by atoms with Crippen LogP contribution in [0.3, 0.4) is 0 Å². The predicted octanol–water partition coefficient (Wildman–Crippen LogP) is 2.47. The van der Waals surface area contributed by atoms with Crippen molar-refractivity contribution in [1.82, 2.24) is 5.32 Å². The second kappa shape index (κ2) is 8.26. The van der Waals surface area contributed by atoms with Gasteiger partial charge in [-0.15, -0.1) is 0 Å². The molecule has 0 spiro atoms. The first kappa shape index (κ1) is 17.7. The van der Waals surface area contributed by atoms with Gasteiger partial charge < -0.3 is 15.2 Å². The number of ether oxygens (including phenoxy) is 1. The maximum atomic E-state index is 12.4. The Balaban J connectivity index is 2.22. The van der Waals surface area contributed by atoms with Crippen molar-refractivity contribution in [2.24, 2.45) is 0 Å². The summed E-state index contributed by atoms with van der Waals surface area (Å²) in [6.07, 6.45) is -1.55. The van der Waals surface area contributed by atoms with E-state index in [-0.39, 0.29) is 6.10 Å². The van der Waals surface area contributed by atoms with E-state index in [2.05, 4.69) is 5.32 Å². The standard InChI is InChI=1S/C19H21NO4/c1-13(2)24-19(23)16(17(21)14-9-5-3-6-10-14)20-18(22)15-11-7-4-8-12-15/h3-13,16-17,21H,1-2H3,(H,20,22)/t16-,17+/m1/s1. The van der Waals surface area contributed by atoms with Crippen LogP contribution in [0.25, 0.3) is 0 Å². The summed E-state index contributed by atoms with van der Waals surface area (Å²) >= 11 is 0. The van der Waals surface area contributed by atoms with Crippen molar-refractivity contribution in [1.29, 1.82) is 0 Å². The normalized spacial score (nSPS) is 13.2. The lowest BCUT2D eigenvalue weighted by molar-refractivity contribution is -0.152. The molecule has 126 valence electrons. The van der Waals surface area contributed by atoms with Crippen LogP contribution in [0.4, 0.5) is 0 Å². The van der Waals surface area contributed by atoms with Gasteiger partial charge in [0, 0.05) is 5.56 Å². The van der Waals surface area contributed by atoms with Gasteiger partial charge in [-0.3, -0.25) is 4.79 Å². The molecule has 2 aromatic rings. The molecular weight excluding hydrogens is 306 g/mol. The molecule has 2 atom stereocenters. The zero-order valence-corrected chi connectivity index (χ0v) is 13.7. The van der Waals surface area contributed by atoms with Gasteiger partial charge in [-0.2, -0.15) is 0 Å². The molecule has 0 aliphatic rings. The number of nitrogens with one attached hydrogen (secondary N) is 1. The van der Waals surface area contributed by atoms with Crippen LogP contribution in [0.5, 0.6) is 0 Å². The zero-order valence-electron chi connectivity index (χ0n) is 13.7. The largest absolute Gasteiger partial charge is 0.461 e. The van der Waals surface area contributed by atoms with E-state index in [0.717, 1.165) is 0 Å². The number of hydrogen-bond acceptors (Lipinski definition) is 4. The lowest BCUT2D eigenvalue weighted by atomic mass is 10.0. The van der Waals surface area contributed by atoms with Crippen LogP contribution in [-0.4, -0.2) is 29.1 Å². The Labute approximate surface area is 141 Å². The van der Waals surface area contributed by atoms with Crippen molar-refractivity contribution < 1.29 is 19.4 Å². The first-order chi connectivity index (χ1) is 11.5. The van der Waals surface area contributed by atoms with Crippen LogP contribution in [0.15, 0.2) is 60.7 Å². The summed E-state index contributed by atoms with van der Waals surface area (Å²) in [6.45, 7) is 3.42. The molecule has 2 N–H and O–H groups in total. The van der Waals surface area contributed by atoms with E-state index in [1.54, 1.807) is 74.5 Å². The van der Waals surface area contributed by atoms with Crippen LogP contribution < -0.4 is 5.32 Å². The molecule has 0 aromatic heterocycles. The van der Waals surface area contributed by atoms with Crippen molar-refractivity contribution in [3.05, 3.63) is 71.8 Å². The van der Waals surface area contributed by atoms with Gasteiger partial charge in [0.25, 0.3) is 5.91 Å². The minimum absolute atomic E-state index is 0.350. The van der Waals surface area contributed by atoms with Crippen LogP contribution in [0, 0.1) is 0 Å². The van der Waals surface area contributed by atoms with Gasteiger partial charge in [0.1, 0.15) is 6.10 Å². The molecule has 0 saturated carbocycles. The molecule has 2 rings (SSSR count). The molecule has 1 amide bonds. The number of aliphatic hydroxyl groups is 1. The van der Waals surface area contributed by atoms with Gasteiger partial charge >= 0.3 is 5.97 Å². The van der Waals surface area contributed by atoms with Crippen LogP contribution in [0.1, 0.15) is 35.9 Å². The molecule has 0 unspecified atom stereocenters. The third kappa shape index (κ3) is 4.67. The van der Waals surface area contributed by atoms with Gasteiger partial charge in [0.05, 0.1) is 6.10 Å². The fraction of sp³-hybridized carbons (Fsp3) is 0.263. The maximum Gasteiger partial charge on any atom is 0.332 e. The van der Waals surface area contributed by atoms with Crippen molar-refractivity contribution in [2.45, 2.75) is 32.1 Å². The molecule has 0 fully saturated rings. The van der Waals surface area contributed by atoms with Gasteiger partial charge in [-0.25, -0.2) is 4.79 Å². The summed E-state index contributed by atoms with van der Waals surface area (Å²) in [4.78, 5) is 24.7. The lowest BCUT2D eigenvalue weighted by Gasteiger charge is -2.24. The van der Waals surface area contributed by atoms with E-state index in [1.807, 2.05) is 0 Å². The number of carbonyl (C=O) groups is 2. The number of aliphatic hydroxyl groups excluding tert-OH is 1. The maximum absolute atomic E-state index is 12.4. The Hall–Kier alpha value is -2.66. The summed E-state index contributed by atoms with van der Waals surface area (Å²) in [6, 6.07) is 16.0. The Morgan fingerprint density at radius 3 is 2.04 bits per heavy atom. The highest BCUT2D eigenvalue weighted by molar-refractivity contribution is 5.96. The highest BCUT2D eigenvalue weighted by atomic mass is 16.5. The highest BCUT2D eigenvalue weighted by Gasteiger charge is 2.31. The SMILES string of the molecule is CC(C)OC(=O)[C@H](NC(=O)c1ccccc1)[C@@H](O)c1ccccc1. The number of benzene rings is 2. The molecular formula is C19H21NO4. The lowest BCUT2D eigenvalue weighted by Crippen LogP contribution is -2.46. The number of rotatable bonds is 6. The van der Waals surface area contributed by atoms with E-state index in [9.17, 15) is 14.7 Å². The second-order valence-corrected chi connectivity index (χ2v) is 5.66. The van der Waals surface area contributed by atoms with E-state index in [0.29, 0.717) is 11.1 Å². The molecule has 0 heterocycles. The summed E-state index contributed by atoms with van der Waals surface area (Å²) in [5, 5.41) is 13.1.